The highest BCUT2D eigenvalue weighted by Gasteiger charge is 2.34. The molecule has 0 unspecified atom stereocenters. The first kappa shape index (κ1) is 9.71. The zero-order valence-electron chi connectivity index (χ0n) is 8.36. The molecule has 3 amide bonds. The fourth-order valence-corrected chi connectivity index (χ4v) is 1.73. The van der Waals surface area contributed by atoms with Crippen molar-refractivity contribution in [3.05, 3.63) is 35.9 Å². The molecule has 1 aromatic carbocycles. The van der Waals surface area contributed by atoms with Crippen LogP contribution in [0.4, 0.5) is 4.79 Å². The molecule has 2 N–H and O–H groups in total. The molecule has 0 bridgehead atoms. The molecule has 1 fully saturated rings. The summed E-state index contributed by atoms with van der Waals surface area (Å²) in [5, 5.41) is 4.83. The van der Waals surface area contributed by atoms with Crippen LogP contribution in [0.15, 0.2) is 30.3 Å². The lowest BCUT2D eigenvalue weighted by molar-refractivity contribution is -0.120. The SMILES string of the molecule is C[C@H](c1ccccc1)[C@@H]1NC(=O)NC1=O. The van der Waals surface area contributed by atoms with E-state index in [1.54, 1.807) is 0 Å². The molecule has 0 saturated carbocycles. The van der Waals surface area contributed by atoms with E-state index in [0.29, 0.717) is 0 Å². The predicted octanol–water partition coefficient (Wildman–Crippen LogP) is 0.998. The summed E-state index contributed by atoms with van der Waals surface area (Å²) in [4.78, 5) is 22.4. The number of carbonyl (C=O) groups is 2. The van der Waals surface area contributed by atoms with Crippen molar-refractivity contribution in [1.29, 1.82) is 0 Å². The first-order valence-corrected chi connectivity index (χ1v) is 4.85. The molecule has 0 spiro atoms. The quantitative estimate of drug-likeness (QED) is 0.706. The van der Waals surface area contributed by atoms with Crippen molar-refractivity contribution in [2.75, 3.05) is 0 Å². The fraction of sp³-hybridized carbons (Fsp3) is 0.273. The van der Waals surface area contributed by atoms with Crippen LogP contribution in [-0.2, 0) is 4.79 Å². The Morgan fingerprint density at radius 1 is 1.20 bits per heavy atom. The number of nitrogens with one attached hydrogen (secondary N) is 2. The van der Waals surface area contributed by atoms with Gasteiger partial charge >= 0.3 is 6.03 Å². The molecule has 0 radical (unpaired) electrons. The van der Waals surface area contributed by atoms with Gasteiger partial charge in [0.2, 0.25) is 0 Å². The molecule has 1 aromatic rings. The van der Waals surface area contributed by atoms with Gasteiger partial charge in [0.25, 0.3) is 5.91 Å². The standard InChI is InChI=1S/C11H12N2O2/c1-7(8-5-3-2-4-6-8)9-10(14)13-11(15)12-9/h2-7,9H,1H3,(H2,12,13,14,15)/t7-,9+/m1/s1. The van der Waals surface area contributed by atoms with Gasteiger partial charge in [-0.2, -0.15) is 0 Å². The molecule has 15 heavy (non-hydrogen) atoms. The predicted molar refractivity (Wildman–Crippen MR) is 55.3 cm³/mol. The zero-order valence-corrected chi connectivity index (χ0v) is 8.36. The Bertz CT molecular complexity index is 389. The van der Waals surface area contributed by atoms with Crippen molar-refractivity contribution in [3.8, 4) is 0 Å². The average molecular weight is 204 g/mol. The molecule has 4 nitrogen and oxygen atoms in total. The number of rotatable bonds is 2. The molecule has 1 saturated heterocycles. The molecule has 2 atom stereocenters. The van der Waals surface area contributed by atoms with Crippen molar-refractivity contribution in [3.63, 3.8) is 0 Å². The Morgan fingerprint density at radius 3 is 2.40 bits per heavy atom. The van der Waals surface area contributed by atoms with Crippen LogP contribution in [0.1, 0.15) is 18.4 Å². The van der Waals surface area contributed by atoms with Crippen molar-refractivity contribution in [1.82, 2.24) is 10.6 Å². The lowest BCUT2D eigenvalue weighted by Gasteiger charge is -2.16. The summed E-state index contributed by atoms with van der Waals surface area (Å²) in [5.41, 5.74) is 1.04. The third kappa shape index (κ3) is 1.83. The number of urea groups is 1. The average Bonchev–Trinajstić information content (AvgIpc) is 2.58. The number of amides is 3. The minimum atomic E-state index is -0.458. The maximum absolute atomic E-state index is 11.4. The molecule has 0 aromatic heterocycles. The van der Waals surface area contributed by atoms with Crippen LogP contribution in [-0.4, -0.2) is 18.0 Å². The van der Waals surface area contributed by atoms with E-state index in [9.17, 15) is 9.59 Å². The second kappa shape index (κ2) is 3.73. The lowest BCUT2D eigenvalue weighted by Crippen LogP contribution is -2.34. The Kier molecular flexibility index (Phi) is 2.41. The monoisotopic (exact) mass is 204 g/mol. The van der Waals surface area contributed by atoms with Gasteiger partial charge in [-0.15, -0.1) is 0 Å². The van der Waals surface area contributed by atoms with Gasteiger partial charge in [-0.05, 0) is 5.56 Å². The number of hydrogen-bond acceptors (Lipinski definition) is 2. The fourth-order valence-electron chi connectivity index (χ4n) is 1.73. The second-order valence-electron chi connectivity index (χ2n) is 3.64. The summed E-state index contributed by atoms with van der Waals surface area (Å²) < 4.78 is 0. The van der Waals surface area contributed by atoms with Crippen molar-refractivity contribution in [2.24, 2.45) is 0 Å². The van der Waals surface area contributed by atoms with Crippen molar-refractivity contribution in [2.45, 2.75) is 18.9 Å². The van der Waals surface area contributed by atoms with Crippen LogP contribution in [0.2, 0.25) is 0 Å². The maximum atomic E-state index is 11.4. The molecular formula is C11H12N2O2. The Hall–Kier alpha value is -1.84. The summed E-state index contributed by atoms with van der Waals surface area (Å²) in [7, 11) is 0. The topological polar surface area (TPSA) is 58.2 Å². The molecule has 1 aliphatic heterocycles. The van der Waals surface area contributed by atoms with Gasteiger partial charge < -0.3 is 5.32 Å². The third-order valence-corrected chi connectivity index (χ3v) is 2.63. The van der Waals surface area contributed by atoms with Crippen LogP contribution < -0.4 is 10.6 Å². The van der Waals surface area contributed by atoms with E-state index >= 15 is 0 Å². The first-order chi connectivity index (χ1) is 7.18. The highest BCUT2D eigenvalue weighted by Crippen LogP contribution is 2.20. The van der Waals surface area contributed by atoms with E-state index in [-0.39, 0.29) is 11.8 Å². The van der Waals surface area contributed by atoms with Gasteiger partial charge in [0.1, 0.15) is 6.04 Å². The van der Waals surface area contributed by atoms with Crippen LogP contribution in [0.25, 0.3) is 0 Å². The summed E-state index contributed by atoms with van der Waals surface area (Å²) >= 11 is 0. The molecule has 78 valence electrons. The summed E-state index contributed by atoms with van der Waals surface area (Å²) in [6, 6.07) is 8.78. The molecule has 1 heterocycles. The molecule has 2 rings (SSSR count). The summed E-state index contributed by atoms with van der Waals surface area (Å²) in [5.74, 6) is -0.269. The number of carbonyl (C=O) groups excluding carboxylic acids is 2. The second-order valence-corrected chi connectivity index (χ2v) is 3.64. The smallest absolute Gasteiger partial charge is 0.322 e. The van der Waals surface area contributed by atoms with Gasteiger partial charge in [0, 0.05) is 5.92 Å². The van der Waals surface area contributed by atoms with Crippen molar-refractivity contribution < 1.29 is 9.59 Å². The maximum Gasteiger partial charge on any atom is 0.322 e. The van der Waals surface area contributed by atoms with E-state index in [2.05, 4.69) is 10.6 Å². The van der Waals surface area contributed by atoms with E-state index in [0.717, 1.165) is 5.56 Å². The summed E-state index contributed by atoms with van der Waals surface area (Å²) in [6.07, 6.45) is 0. The van der Waals surface area contributed by atoms with Gasteiger partial charge in [0.15, 0.2) is 0 Å². The number of hydrogen-bond donors (Lipinski definition) is 2. The number of imide groups is 1. The van der Waals surface area contributed by atoms with E-state index < -0.39 is 12.1 Å². The Balaban J connectivity index is 2.18. The highest BCUT2D eigenvalue weighted by atomic mass is 16.2. The number of benzene rings is 1. The van der Waals surface area contributed by atoms with Gasteiger partial charge in [-0.25, -0.2) is 4.79 Å². The molecule has 0 aliphatic carbocycles. The molecule has 4 heteroatoms. The van der Waals surface area contributed by atoms with E-state index in [4.69, 9.17) is 0 Å². The minimum Gasteiger partial charge on any atom is -0.325 e. The Morgan fingerprint density at radius 2 is 1.87 bits per heavy atom. The van der Waals surface area contributed by atoms with Gasteiger partial charge in [-0.1, -0.05) is 37.3 Å². The van der Waals surface area contributed by atoms with Gasteiger partial charge in [0.05, 0.1) is 0 Å². The van der Waals surface area contributed by atoms with Gasteiger partial charge in [-0.3, -0.25) is 10.1 Å². The molecular weight excluding hydrogens is 192 g/mol. The van der Waals surface area contributed by atoms with Crippen LogP contribution >= 0.6 is 0 Å². The summed E-state index contributed by atoms with van der Waals surface area (Å²) in [6.45, 7) is 1.92. The highest BCUT2D eigenvalue weighted by molar-refractivity contribution is 6.04. The van der Waals surface area contributed by atoms with Crippen LogP contribution in [0.3, 0.4) is 0 Å². The largest absolute Gasteiger partial charge is 0.325 e. The normalized spacial score (nSPS) is 22.1. The van der Waals surface area contributed by atoms with E-state index in [1.165, 1.54) is 0 Å². The molecule has 1 aliphatic rings. The lowest BCUT2D eigenvalue weighted by atomic mass is 9.93. The first-order valence-electron chi connectivity index (χ1n) is 4.85. The van der Waals surface area contributed by atoms with E-state index in [1.807, 2.05) is 37.3 Å². The Labute approximate surface area is 87.7 Å². The zero-order chi connectivity index (χ0) is 10.8. The van der Waals surface area contributed by atoms with Crippen molar-refractivity contribution >= 4 is 11.9 Å². The van der Waals surface area contributed by atoms with Crippen LogP contribution in [0, 0.1) is 0 Å². The van der Waals surface area contributed by atoms with Crippen LogP contribution in [0.5, 0.6) is 0 Å². The minimum absolute atomic E-state index is 0.0161. The third-order valence-electron chi connectivity index (χ3n) is 2.63.